The number of aliphatic imine (C=N–C) groups is 1. The summed E-state index contributed by atoms with van der Waals surface area (Å²) < 4.78 is 11.8. The van der Waals surface area contributed by atoms with Gasteiger partial charge in [-0.15, -0.1) is 24.0 Å². The number of halogens is 1. The molecule has 132 valence electrons. The lowest BCUT2D eigenvalue weighted by Crippen LogP contribution is -2.38. The Kier molecular flexibility index (Phi) is 11.5. The molecule has 1 aromatic carbocycles. The molecule has 4 nitrogen and oxygen atoms in total. The maximum atomic E-state index is 12.0. The highest BCUT2D eigenvalue weighted by molar-refractivity contribution is 14.0. The van der Waals surface area contributed by atoms with Crippen LogP contribution in [0.4, 0.5) is 0 Å². The fourth-order valence-corrected chi connectivity index (χ4v) is 2.73. The summed E-state index contributed by atoms with van der Waals surface area (Å²) in [6, 6.07) is 10.4. The molecule has 0 saturated carbocycles. The van der Waals surface area contributed by atoms with Crippen molar-refractivity contribution in [1.82, 2.24) is 10.6 Å². The first kappa shape index (κ1) is 22.4. The van der Waals surface area contributed by atoms with Crippen LogP contribution in [0.2, 0.25) is 0 Å². The van der Waals surface area contributed by atoms with Crippen LogP contribution >= 0.6 is 24.0 Å². The van der Waals surface area contributed by atoms with E-state index in [0.717, 1.165) is 25.5 Å². The minimum atomic E-state index is -0.856. The predicted molar refractivity (Wildman–Crippen MR) is 112 cm³/mol. The van der Waals surface area contributed by atoms with Crippen LogP contribution in [0, 0.1) is 0 Å². The van der Waals surface area contributed by atoms with Gasteiger partial charge in [0.1, 0.15) is 0 Å². The van der Waals surface area contributed by atoms with Crippen LogP contribution in [0.5, 0.6) is 0 Å². The van der Waals surface area contributed by atoms with Gasteiger partial charge >= 0.3 is 0 Å². The molecule has 1 aromatic rings. The lowest BCUT2D eigenvalue weighted by Gasteiger charge is -2.17. The van der Waals surface area contributed by atoms with Crippen LogP contribution in [-0.2, 0) is 17.2 Å². The second-order valence-electron chi connectivity index (χ2n) is 6.09. The zero-order valence-electron chi connectivity index (χ0n) is 14.6. The van der Waals surface area contributed by atoms with E-state index in [0.29, 0.717) is 12.3 Å². The molecular formula is C17H30IN3OS. The summed E-state index contributed by atoms with van der Waals surface area (Å²) in [5.41, 5.74) is 1.31. The van der Waals surface area contributed by atoms with Gasteiger partial charge in [-0.2, -0.15) is 0 Å². The van der Waals surface area contributed by atoms with E-state index in [9.17, 15) is 4.21 Å². The zero-order valence-corrected chi connectivity index (χ0v) is 17.7. The van der Waals surface area contributed by atoms with Crippen molar-refractivity contribution in [1.29, 1.82) is 0 Å². The number of hydrogen-bond donors (Lipinski definition) is 2. The van der Waals surface area contributed by atoms with Gasteiger partial charge in [-0.25, -0.2) is 0 Å². The van der Waals surface area contributed by atoms with Crippen LogP contribution in [0.3, 0.4) is 0 Å². The zero-order chi connectivity index (χ0) is 16.4. The van der Waals surface area contributed by atoms with Crippen molar-refractivity contribution < 1.29 is 4.21 Å². The summed E-state index contributed by atoms with van der Waals surface area (Å²) in [6.07, 6.45) is 0.958. The van der Waals surface area contributed by atoms with E-state index in [-0.39, 0.29) is 28.7 Å². The number of rotatable bonds is 7. The fourth-order valence-electron chi connectivity index (χ4n) is 1.86. The summed E-state index contributed by atoms with van der Waals surface area (Å²) in [5.74, 6) is 1.39. The third kappa shape index (κ3) is 9.96. The molecule has 0 spiro atoms. The van der Waals surface area contributed by atoms with E-state index in [2.05, 4.69) is 39.9 Å². The van der Waals surface area contributed by atoms with E-state index in [1.54, 1.807) is 0 Å². The van der Waals surface area contributed by atoms with Gasteiger partial charge in [-0.05, 0) is 39.7 Å². The van der Waals surface area contributed by atoms with Crippen molar-refractivity contribution in [2.75, 3.05) is 25.4 Å². The Hall–Kier alpha value is -0.630. The third-order valence-electron chi connectivity index (χ3n) is 3.12. The standard InChI is InChI=1S/C17H29N3OS.HI/c1-5-18-16(20-13-14-22(21)17(2,3)4)19-12-11-15-9-7-6-8-10-15;/h6-10H,5,11-14H2,1-4H3,(H2,18,19,20);1H. The molecule has 0 aromatic heterocycles. The number of nitrogens with one attached hydrogen (secondary N) is 2. The highest BCUT2D eigenvalue weighted by Gasteiger charge is 2.18. The normalized spacial score (nSPS) is 13.1. The van der Waals surface area contributed by atoms with Crippen molar-refractivity contribution in [3.63, 3.8) is 0 Å². The molecule has 0 aliphatic heterocycles. The van der Waals surface area contributed by atoms with Crippen LogP contribution in [-0.4, -0.2) is 40.3 Å². The average Bonchev–Trinajstić information content (AvgIpc) is 2.47. The number of nitrogens with zero attached hydrogens (tertiary/aromatic N) is 1. The summed E-state index contributed by atoms with van der Waals surface area (Å²) in [5, 5.41) is 6.54. The van der Waals surface area contributed by atoms with Crippen LogP contribution in [0.15, 0.2) is 35.3 Å². The monoisotopic (exact) mass is 451 g/mol. The Bertz CT molecular complexity index is 486. The summed E-state index contributed by atoms with van der Waals surface area (Å²) in [6.45, 7) is 10.3. The maximum absolute atomic E-state index is 12.0. The Morgan fingerprint density at radius 1 is 1.17 bits per heavy atom. The first-order valence-electron chi connectivity index (χ1n) is 7.88. The minimum absolute atomic E-state index is 0. The Labute approximate surface area is 160 Å². The van der Waals surface area contributed by atoms with E-state index in [1.807, 2.05) is 33.8 Å². The molecule has 0 radical (unpaired) electrons. The van der Waals surface area contributed by atoms with Crippen LogP contribution in [0.1, 0.15) is 33.3 Å². The van der Waals surface area contributed by atoms with E-state index in [4.69, 9.17) is 0 Å². The SMILES string of the molecule is CCNC(=NCCS(=O)C(C)(C)C)NCCc1ccccc1.I. The molecule has 0 heterocycles. The topological polar surface area (TPSA) is 53.5 Å². The summed E-state index contributed by atoms with van der Waals surface area (Å²) in [7, 11) is -0.856. The van der Waals surface area contributed by atoms with Gasteiger partial charge in [0.05, 0.1) is 6.54 Å². The average molecular weight is 451 g/mol. The molecule has 1 rings (SSSR count). The lowest BCUT2D eigenvalue weighted by atomic mass is 10.1. The van der Waals surface area contributed by atoms with Crippen LogP contribution < -0.4 is 10.6 Å². The maximum Gasteiger partial charge on any atom is 0.191 e. The van der Waals surface area contributed by atoms with Crippen molar-refractivity contribution in [2.24, 2.45) is 4.99 Å². The number of guanidine groups is 1. The molecule has 0 aliphatic rings. The third-order valence-corrected chi connectivity index (χ3v) is 5.04. The number of hydrogen-bond acceptors (Lipinski definition) is 2. The van der Waals surface area contributed by atoms with Crippen molar-refractivity contribution in [3.05, 3.63) is 35.9 Å². The van der Waals surface area contributed by atoms with E-state index < -0.39 is 10.8 Å². The van der Waals surface area contributed by atoms with Crippen molar-refractivity contribution in [2.45, 2.75) is 38.9 Å². The molecule has 0 amide bonds. The Balaban J connectivity index is 0.00000484. The second kappa shape index (κ2) is 11.8. The first-order chi connectivity index (χ1) is 10.4. The molecular weight excluding hydrogens is 421 g/mol. The predicted octanol–water partition coefficient (Wildman–Crippen LogP) is 2.95. The largest absolute Gasteiger partial charge is 0.357 e. The summed E-state index contributed by atoms with van der Waals surface area (Å²) >= 11 is 0. The van der Waals surface area contributed by atoms with Crippen molar-refractivity contribution >= 4 is 40.7 Å². The van der Waals surface area contributed by atoms with E-state index in [1.165, 1.54) is 5.56 Å². The minimum Gasteiger partial charge on any atom is -0.357 e. The molecule has 1 atom stereocenters. The second-order valence-corrected chi connectivity index (χ2v) is 8.41. The van der Waals surface area contributed by atoms with Crippen LogP contribution in [0.25, 0.3) is 0 Å². The Morgan fingerprint density at radius 3 is 2.39 bits per heavy atom. The Morgan fingerprint density at radius 2 is 1.83 bits per heavy atom. The summed E-state index contributed by atoms with van der Waals surface area (Å²) in [4.78, 5) is 4.50. The van der Waals surface area contributed by atoms with Gasteiger partial charge in [0.25, 0.3) is 0 Å². The molecule has 0 aliphatic carbocycles. The highest BCUT2D eigenvalue weighted by atomic mass is 127. The fraction of sp³-hybridized carbons (Fsp3) is 0.588. The van der Waals surface area contributed by atoms with Gasteiger partial charge in [0, 0.05) is 34.4 Å². The van der Waals surface area contributed by atoms with Gasteiger partial charge in [0.15, 0.2) is 5.96 Å². The lowest BCUT2D eigenvalue weighted by molar-refractivity contribution is 0.648. The molecule has 0 bridgehead atoms. The number of benzene rings is 1. The van der Waals surface area contributed by atoms with Crippen molar-refractivity contribution in [3.8, 4) is 0 Å². The molecule has 23 heavy (non-hydrogen) atoms. The molecule has 0 saturated heterocycles. The van der Waals surface area contributed by atoms with Gasteiger partial charge in [-0.3, -0.25) is 9.20 Å². The molecule has 6 heteroatoms. The molecule has 2 N–H and O–H groups in total. The van der Waals surface area contributed by atoms with Gasteiger partial charge < -0.3 is 10.6 Å². The quantitative estimate of drug-likeness (QED) is 0.381. The highest BCUT2D eigenvalue weighted by Crippen LogP contribution is 2.10. The van der Waals surface area contributed by atoms with Gasteiger partial charge in [0.2, 0.25) is 0 Å². The first-order valence-corrected chi connectivity index (χ1v) is 9.20. The molecule has 1 unspecified atom stereocenters. The van der Waals surface area contributed by atoms with Gasteiger partial charge in [-0.1, -0.05) is 30.3 Å². The molecule has 0 fully saturated rings. The van der Waals surface area contributed by atoms with E-state index >= 15 is 0 Å². The smallest absolute Gasteiger partial charge is 0.191 e.